The van der Waals surface area contributed by atoms with Crippen LogP contribution < -0.4 is 4.90 Å². The van der Waals surface area contributed by atoms with Crippen molar-refractivity contribution in [3.05, 3.63) is 18.5 Å². The van der Waals surface area contributed by atoms with E-state index in [0.717, 1.165) is 0 Å². The lowest BCUT2D eigenvalue weighted by molar-refractivity contribution is -0.117. The number of hydrogen-bond donors (Lipinski definition) is 2. The lowest BCUT2D eigenvalue weighted by atomic mass is 10.1. The molecule has 2 rings (SSSR count). The summed E-state index contributed by atoms with van der Waals surface area (Å²) in [5.74, 6) is -1.43. The first-order valence-electron chi connectivity index (χ1n) is 4.70. The quantitative estimate of drug-likeness (QED) is 0.703. The number of carbonyl (C=O) groups is 2. The summed E-state index contributed by atoms with van der Waals surface area (Å²) < 4.78 is 0. The molecule has 0 aromatic carbocycles. The maximum absolute atomic E-state index is 11.6. The van der Waals surface area contributed by atoms with E-state index in [9.17, 15) is 9.59 Å². The average Bonchev–Trinajstić information content (AvgIpc) is 2.83. The second kappa shape index (κ2) is 3.76. The van der Waals surface area contributed by atoms with Crippen molar-refractivity contribution in [1.82, 2.24) is 15.2 Å². The average molecular weight is 222 g/mol. The third kappa shape index (κ3) is 1.67. The van der Waals surface area contributed by atoms with Crippen LogP contribution in [0.15, 0.2) is 12.7 Å². The fraction of sp³-hybridized carbons (Fsp3) is 0.333. The van der Waals surface area contributed by atoms with Crippen molar-refractivity contribution in [2.24, 2.45) is 5.92 Å². The summed E-state index contributed by atoms with van der Waals surface area (Å²) in [7, 11) is 0. The molecule has 1 saturated heterocycles. The highest BCUT2D eigenvalue weighted by atomic mass is 16.4. The Bertz CT molecular complexity index is 453. The van der Waals surface area contributed by atoms with Crippen molar-refractivity contribution in [2.75, 3.05) is 11.4 Å². The highest BCUT2D eigenvalue weighted by molar-refractivity contribution is 5.94. The van der Waals surface area contributed by atoms with Gasteiger partial charge in [-0.05, 0) is 0 Å². The molecular formula is C9H10N4O3. The number of aromatic nitrogens is 3. The van der Waals surface area contributed by atoms with Crippen molar-refractivity contribution in [1.29, 1.82) is 0 Å². The maximum Gasteiger partial charge on any atom is 0.373 e. The number of carboxylic acid groups (broad SMARTS) is 1. The van der Waals surface area contributed by atoms with E-state index in [1.165, 1.54) is 4.90 Å². The Balaban J connectivity index is 2.21. The van der Waals surface area contributed by atoms with Crippen LogP contribution in [0.5, 0.6) is 0 Å². The molecule has 1 atom stereocenters. The van der Waals surface area contributed by atoms with Gasteiger partial charge in [-0.1, -0.05) is 6.08 Å². The Kier molecular flexibility index (Phi) is 2.43. The number of carboxylic acids is 1. The van der Waals surface area contributed by atoms with Gasteiger partial charge < -0.3 is 5.11 Å². The third-order valence-electron chi connectivity index (χ3n) is 2.41. The third-order valence-corrected chi connectivity index (χ3v) is 2.41. The number of carbonyl (C=O) groups excluding carboxylic acids is 1. The minimum Gasteiger partial charge on any atom is -0.475 e. The SMILES string of the molecule is C=CC1CC(=O)N(c2n[nH]c(C(=O)O)n2)C1. The van der Waals surface area contributed by atoms with Crippen LogP contribution in [0.25, 0.3) is 0 Å². The van der Waals surface area contributed by atoms with Gasteiger partial charge in [0.25, 0.3) is 5.95 Å². The number of nitrogens with one attached hydrogen (secondary N) is 1. The number of aromatic carboxylic acids is 1. The second-order valence-electron chi connectivity index (χ2n) is 3.49. The van der Waals surface area contributed by atoms with Crippen LogP contribution in [0.4, 0.5) is 5.95 Å². The molecule has 2 heterocycles. The van der Waals surface area contributed by atoms with Crippen molar-refractivity contribution in [3.8, 4) is 0 Å². The molecule has 16 heavy (non-hydrogen) atoms. The van der Waals surface area contributed by atoms with Crippen LogP contribution in [0.2, 0.25) is 0 Å². The summed E-state index contributed by atoms with van der Waals surface area (Å²) in [5.41, 5.74) is 0. The van der Waals surface area contributed by atoms with E-state index in [4.69, 9.17) is 5.11 Å². The van der Waals surface area contributed by atoms with Gasteiger partial charge in [0.1, 0.15) is 0 Å². The lowest BCUT2D eigenvalue weighted by Gasteiger charge is -2.09. The number of aromatic amines is 1. The second-order valence-corrected chi connectivity index (χ2v) is 3.49. The number of H-pyrrole nitrogens is 1. The molecule has 0 radical (unpaired) electrons. The minimum atomic E-state index is -1.20. The van der Waals surface area contributed by atoms with Gasteiger partial charge in [0.15, 0.2) is 0 Å². The molecule has 0 aliphatic carbocycles. The highest BCUT2D eigenvalue weighted by Crippen LogP contribution is 2.22. The molecule has 1 aromatic heterocycles. The van der Waals surface area contributed by atoms with Gasteiger partial charge in [0.2, 0.25) is 11.7 Å². The predicted molar refractivity (Wildman–Crippen MR) is 54.0 cm³/mol. The number of hydrogen-bond acceptors (Lipinski definition) is 4. The summed E-state index contributed by atoms with van der Waals surface area (Å²) >= 11 is 0. The zero-order valence-corrected chi connectivity index (χ0v) is 8.38. The van der Waals surface area contributed by atoms with E-state index in [1.807, 2.05) is 0 Å². The topological polar surface area (TPSA) is 99.2 Å². The zero-order valence-electron chi connectivity index (χ0n) is 8.38. The van der Waals surface area contributed by atoms with Gasteiger partial charge in [-0.2, -0.15) is 4.98 Å². The smallest absolute Gasteiger partial charge is 0.373 e. The number of nitrogens with zero attached hydrogens (tertiary/aromatic N) is 3. The molecule has 1 aromatic rings. The summed E-state index contributed by atoms with van der Waals surface area (Å²) in [6.07, 6.45) is 2.06. The minimum absolute atomic E-state index is 0.0688. The molecule has 0 bridgehead atoms. The largest absolute Gasteiger partial charge is 0.475 e. The molecule has 1 aliphatic heterocycles. The Hall–Kier alpha value is -2.18. The van der Waals surface area contributed by atoms with E-state index in [2.05, 4.69) is 21.8 Å². The van der Waals surface area contributed by atoms with E-state index in [-0.39, 0.29) is 23.6 Å². The Morgan fingerprint density at radius 2 is 2.44 bits per heavy atom. The van der Waals surface area contributed by atoms with Crippen LogP contribution in [-0.4, -0.2) is 38.7 Å². The Morgan fingerprint density at radius 1 is 1.69 bits per heavy atom. The molecule has 2 N–H and O–H groups in total. The summed E-state index contributed by atoms with van der Waals surface area (Å²) in [6, 6.07) is 0. The fourth-order valence-electron chi connectivity index (χ4n) is 1.56. The van der Waals surface area contributed by atoms with Gasteiger partial charge in [-0.15, -0.1) is 11.7 Å². The molecule has 1 amide bonds. The molecule has 1 fully saturated rings. The predicted octanol–water partition coefficient (Wildman–Crippen LogP) is 0.0418. The van der Waals surface area contributed by atoms with Crippen molar-refractivity contribution in [3.63, 3.8) is 0 Å². The molecule has 7 heteroatoms. The van der Waals surface area contributed by atoms with Crippen LogP contribution in [0.1, 0.15) is 17.0 Å². The normalized spacial score (nSPS) is 20.1. The molecule has 84 valence electrons. The van der Waals surface area contributed by atoms with Gasteiger partial charge in [-0.3, -0.25) is 14.8 Å². The summed E-state index contributed by atoms with van der Waals surface area (Å²) in [4.78, 5) is 27.2. The first-order valence-corrected chi connectivity index (χ1v) is 4.70. The number of rotatable bonds is 3. The standard InChI is InChI=1S/C9H10N4O3/c1-2-5-3-6(14)13(4-5)9-10-7(8(15)16)11-12-9/h2,5H,1,3-4H2,(H,15,16)(H,10,11,12). The molecule has 0 spiro atoms. The lowest BCUT2D eigenvalue weighted by Crippen LogP contribution is -2.25. The number of anilines is 1. The van der Waals surface area contributed by atoms with Crippen LogP contribution >= 0.6 is 0 Å². The van der Waals surface area contributed by atoms with E-state index < -0.39 is 5.97 Å². The molecule has 1 aliphatic rings. The van der Waals surface area contributed by atoms with E-state index in [1.54, 1.807) is 6.08 Å². The number of amides is 1. The molecule has 0 saturated carbocycles. The fourth-order valence-corrected chi connectivity index (χ4v) is 1.56. The van der Waals surface area contributed by atoms with Crippen molar-refractivity contribution in [2.45, 2.75) is 6.42 Å². The zero-order chi connectivity index (χ0) is 11.7. The molecular weight excluding hydrogens is 212 g/mol. The van der Waals surface area contributed by atoms with E-state index in [0.29, 0.717) is 13.0 Å². The van der Waals surface area contributed by atoms with Crippen molar-refractivity contribution >= 4 is 17.8 Å². The first-order chi connectivity index (χ1) is 7.61. The van der Waals surface area contributed by atoms with Gasteiger partial charge in [0, 0.05) is 18.9 Å². The van der Waals surface area contributed by atoms with Gasteiger partial charge in [-0.25, -0.2) is 4.79 Å². The Morgan fingerprint density at radius 3 is 2.94 bits per heavy atom. The Labute approximate surface area is 90.8 Å². The van der Waals surface area contributed by atoms with Gasteiger partial charge in [0.05, 0.1) is 0 Å². The van der Waals surface area contributed by atoms with Crippen LogP contribution in [0.3, 0.4) is 0 Å². The highest BCUT2D eigenvalue weighted by Gasteiger charge is 2.31. The monoisotopic (exact) mass is 222 g/mol. The van der Waals surface area contributed by atoms with Crippen molar-refractivity contribution < 1.29 is 14.7 Å². The van der Waals surface area contributed by atoms with Crippen LogP contribution in [0, 0.1) is 5.92 Å². The maximum atomic E-state index is 11.6. The summed E-state index contributed by atoms with van der Waals surface area (Å²) in [6.45, 7) is 4.06. The molecule has 1 unspecified atom stereocenters. The first kappa shape index (κ1) is 10.3. The van der Waals surface area contributed by atoms with E-state index >= 15 is 0 Å². The van der Waals surface area contributed by atoms with Gasteiger partial charge >= 0.3 is 5.97 Å². The van der Waals surface area contributed by atoms with Crippen LogP contribution in [-0.2, 0) is 4.79 Å². The summed E-state index contributed by atoms with van der Waals surface area (Å²) in [5, 5.41) is 14.6. The molecule has 7 nitrogen and oxygen atoms in total.